The number of benzene rings is 1. The molecule has 1 N–H and O–H groups in total. The second kappa shape index (κ2) is 4.76. The van der Waals surface area contributed by atoms with Gasteiger partial charge >= 0.3 is 0 Å². The number of hydrogen-bond donors (Lipinski definition) is 1. The molecule has 0 aliphatic carbocycles. The Morgan fingerprint density at radius 3 is 2.59 bits per heavy atom. The highest BCUT2D eigenvalue weighted by molar-refractivity contribution is 7.71. The maximum absolute atomic E-state index is 12.7. The first-order valence-electron chi connectivity index (χ1n) is 4.76. The number of nitriles is 1. The Hall–Kier alpha value is -2.19. The van der Waals surface area contributed by atoms with E-state index in [1.54, 1.807) is 12.3 Å². The van der Waals surface area contributed by atoms with Crippen molar-refractivity contribution >= 4 is 12.2 Å². The molecule has 0 saturated carbocycles. The molecule has 0 fully saturated rings. The number of nitrogens with one attached hydrogen (secondary N) is 1. The van der Waals surface area contributed by atoms with E-state index in [9.17, 15) is 4.39 Å². The minimum absolute atomic E-state index is 0.256. The van der Waals surface area contributed by atoms with Crippen molar-refractivity contribution in [1.82, 2.24) is 4.98 Å². The Morgan fingerprint density at radius 1 is 1.24 bits per heavy atom. The zero-order valence-electron chi connectivity index (χ0n) is 8.61. The Bertz CT molecular complexity index is 628. The van der Waals surface area contributed by atoms with Gasteiger partial charge < -0.3 is 9.72 Å². The Balaban J connectivity index is 2.37. The van der Waals surface area contributed by atoms with E-state index < -0.39 is 0 Å². The van der Waals surface area contributed by atoms with Crippen LogP contribution in [0.1, 0.15) is 5.56 Å². The average molecular weight is 246 g/mol. The van der Waals surface area contributed by atoms with Crippen molar-refractivity contribution in [3.8, 4) is 17.6 Å². The summed E-state index contributed by atoms with van der Waals surface area (Å²) in [6.45, 7) is 0. The van der Waals surface area contributed by atoms with Crippen LogP contribution >= 0.6 is 12.2 Å². The van der Waals surface area contributed by atoms with Crippen molar-refractivity contribution < 1.29 is 9.13 Å². The van der Waals surface area contributed by atoms with Gasteiger partial charge in [-0.2, -0.15) is 5.26 Å². The fourth-order valence-corrected chi connectivity index (χ4v) is 1.50. The number of aromatic amines is 1. The first-order valence-corrected chi connectivity index (χ1v) is 5.17. The molecule has 5 heteroatoms. The third-order valence-electron chi connectivity index (χ3n) is 2.08. The summed E-state index contributed by atoms with van der Waals surface area (Å²) in [5, 5.41) is 8.94. The lowest BCUT2D eigenvalue weighted by Crippen LogP contribution is -1.90. The summed E-state index contributed by atoms with van der Waals surface area (Å²) < 4.78 is 18.5. The van der Waals surface area contributed by atoms with Gasteiger partial charge in [-0.25, -0.2) is 4.39 Å². The highest BCUT2D eigenvalue weighted by Crippen LogP contribution is 2.24. The molecule has 17 heavy (non-hydrogen) atoms. The van der Waals surface area contributed by atoms with Crippen LogP contribution in [0.25, 0.3) is 0 Å². The number of halogens is 1. The summed E-state index contributed by atoms with van der Waals surface area (Å²) in [7, 11) is 0. The van der Waals surface area contributed by atoms with Gasteiger partial charge in [-0.3, -0.25) is 0 Å². The zero-order chi connectivity index (χ0) is 12.3. The molecule has 2 rings (SSSR count). The predicted octanol–water partition coefficient (Wildman–Crippen LogP) is 3.55. The molecule has 1 aromatic carbocycles. The van der Waals surface area contributed by atoms with Crippen LogP contribution in [-0.2, 0) is 0 Å². The molecule has 0 saturated heterocycles. The van der Waals surface area contributed by atoms with Crippen LogP contribution in [0.5, 0.6) is 11.5 Å². The van der Waals surface area contributed by atoms with Crippen molar-refractivity contribution in [1.29, 1.82) is 5.26 Å². The minimum atomic E-state index is -0.344. The van der Waals surface area contributed by atoms with E-state index in [0.29, 0.717) is 16.1 Å². The van der Waals surface area contributed by atoms with Crippen molar-refractivity contribution in [2.24, 2.45) is 0 Å². The number of pyridine rings is 1. The van der Waals surface area contributed by atoms with Crippen LogP contribution in [-0.4, -0.2) is 4.98 Å². The van der Waals surface area contributed by atoms with Crippen molar-refractivity contribution in [2.45, 2.75) is 0 Å². The number of ether oxygens (including phenoxy) is 1. The van der Waals surface area contributed by atoms with Gasteiger partial charge in [-0.05, 0) is 30.3 Å². The molecule has 0 radical (unpaired) electrons. The molecule has 0 aliphatic heterocycles. The highest BCUT2D eigenvalue weighted by atomic mass is 32.1. The summed E-state index contributed by atoms with van der Waals surface area (Å²) in [4.78, 5) is 2.74. The van der Waals surface area contributed by atoms with Gasteiger partial charge in [0.1, 0.15) is 33.6 Å². The van der Waals surface area contributed by atoms with Gasteiger partial charge in [0.15, 0.2) is 0 Å². The highest BCUT2D eigenvalue weighted by Gasteiger charge is 2.06. The molecule has 1 heterocycles. The number of nitrogens with zero attached hydrogens (tertiary/aromatic N) is 1. The van der Waals surface area contributed by atoms with Crippen LogP contribution in [0, 0.1) is 21.8 Å². The molecule has 0 bridgehead atoms. The van der Waals surface area contributed by atoms with Gasteiger partial charge in [0.2, 0.25) is 0 Å². The van der Waals surface area contributed by atoms with Crippen LogP contribution in [0.4, 0.5) is 4.39 Å². The molecular formula is C12H7FN2OS. The second-order valence-electron chi connectivity index (χ2n) is 3.21. The lowest BCUT2D eigenvalue weighted by molar-refractivity contribution is 0.478. The molecule has 0 spiro atoms. The molecule has 84 valence electrons. The van der Waals surface area contributed by atoms with Gasteiger partial charge in [-0.1, -0.05) is 12.2 Å². The topological polar surface area (TPSA) is 48.8 Å². The standard InChI is InChI=1S/C12H7FN2OS/c13-8-1-3-9(4-2-8)16-11-5-6-15-12(17)10(11)7-14/h1-6H,(H,15,17). The minimum Gasteiger partial charge on any atom is -0.456 e. The molecule has 0 amide bonds. The van der Waals surface area contributed by atoms with Crippen molar-refractivity contribution in [3.63, 3.8) is 0 Å². The smallest absolute Gasteiger partial charge is 0.149 e. The monoisotopic (exact) mass is 246 g/mol. The van der Waals surface area contributed by atoms with Crippen LogP contribution in [0.3, 0.4) is 0 Å². The van der Waals surface area contributed by atoms with Crippen LogP contribution in [0.15, 0.2) is 36.5 Å². The largest absolute Gasteiger partial charge is 0.456 e. The molecule has 1 aromatic heterocycles. The average Bonchev–Trinajstić information content (AvgIpc) is 2.32. The normalized spacial score (nSPS) is 9.65. The lowest BCUT2D eigenvalue weighted by atomic mass is 10.3. The number of rotatable bonds is 2. The van der Waals surface area contributed by atoms with E-state index in [4.69, 9.17) is 22.2 Å². The SMILES string of the molecule is N#Cc1c(Oc2ccc(F)cc2)cc[nH]c1=S. The van der Waals surface area contributed by atoms with Crippen LogP contribution < -0.4 is 4.74 Å². The summed E-state index contributed by atoms with van der Waals surface area (Å²) in [6, 6.07) is 9.09. The Morgan fingerprint density at radius 2 is 1.94 bits per heavy atom. The van der Waals surface area contributed by atoms with Crippen LogP contribution in [0.2, 0.25) is 0 Å². The molecule has 3 nitrogen and oxygen atoms in total. The van der Waals surface area contributed by atoms with Crippen molar-refractivity contribution in [3.05, 3.63) is 52.5 Å². The number of H-pyrrole nitrogens is 1. The van der Waals surface area contributed by atoms with Gasteiger partial charge in [0.25, 0.3) is 0 Å². The van der Waals surface area contributed by atoms with Gasteiger partial charge in [-0.15, -0.1) is 0 Å². The maximum atomic E-state index is 12.7. The third-order valence-corrected chi connectivity index (χ3v) is 2.40. The van der Waals surface area contributed by atoms with Gasteiger partial charge in [0.05, 0.1) is 0 Å². The maximum Gasteiger partial charge on any atom is 0.149 e. The molecular weight excluding hydrogens is 239 g/mol. The summed E-state index contributed by atoms with van der Waals surface area (Å²) >= 11 is 4.96. The first-order chi connectivity index (χ1) is 8.20. The first kappa shape index (κ1) is 11.3. The zero-order valence-corrected chi connectivity index (χ0v) is 9.42. The number of aromatic nitrogens is 1. The third kappa shape index (κ3) is 2.49. The predicted molar refractivity (Wildman–Crippen MR) is 62.8 cm³/mol. The molecule has 0 aliphatic rings. The van der Waals surface area contributed by atoms with E-state index in [1.165, 1.54) is 24.3 Å². The van der Waals surface area contributed by atoms with E-state index in [-0.39, 0.29) is 11.4 Å². The fraction of sp³-hybridized carbons (Fsp3) is 0. The van der Waals surface area contributed by atoms with E-state index in [1.807, 2.05) is 6.07 Å². The summed E-state index contributed by atoms with van der Waals surface area (Å²) in [5.41, 5.74) is 0.256. The summed E-state index contributed by atoms with van der Waals surface area (Å²) in [5.74, 6) is 0.453. The molecule has 0 unspecified atom stereocenters. The van der Waals surface area contributed by atoms with E-state index in [0.717, 1.165) is 0 Å². The molecule has 2 aromatic rings. The van der Waals surface area contributed by atoms with Crippen molar-refractivity contribution in [2.75, 3.05) is 0 Å². The number of hydrogen-bond acceptors (Lipinski definition) is 3. The van der Waals surface area contributed by atoms with E-state index >= 15 is 0 Å². The quantitative estimate of drug-likeness (QED) is 0.824. The Labute approximate surface area is 102 Å². The Kier molecular flexibility index (Phi) is 3.17. The second-order valence-corrected chi connectivity index (χ2v) is 3.62. The van der Waals surface area contributed by atoms with E-state index in [2.05, 4.69) is 4.98 Å². The summed E-state index contributed by atoms with van der Waals surface area (Å²) in [6.07, 6.45) is 1.59. The fourth-order valence-electron chi connectivity index (χ4n) is 1.28. The lowest BCUT2D eigenvalue weighted by Gasteiger charge is -2.06. The molecule has 0 atom stereocenters. The van der Waals surface area contributed by atoms with Gasteiger partial charge in [0, 0.05) is 6.20 Å².